The van der Waals surface area contributed by atoms with E-state index in [1.807, 2.05) is 0 Å². The van der Waals surface area contributed by atoms with Crippen LogP contribution in [0.1, 0.15) is 125 Å². The Hall–Kier alpha value is -1.85. The van der Waals surface area contributed by atoms with Crippen LogP contribution in [0.15, 0.2) is 11.6 Å². The molecule has 0 aromatic heterocycles. The van der Waals surface area contributed by atoms with Crippen LogP contribution in [-0.4, -0.2) is 37.7 Å². The maximum Gasteiger partial charge on any atom is 0.334 e. The predicted molar refractivity (Wildman–Crippen MR) is 145 cm³/mol. The molecule has 0 rings (SSSR count). The van der Waals surface area contributed by atoms with Gasteiger partial charge in [-0.1, -0.05) is 99.3 Å². The van der Waals surface area contributed by atoms with Crippen LogP contribution in [0, 0.1) is 17.8 Å². The minimum atomic E-state index is -0.644. The van der Waals surface area contributed by atoms with E-state index < -0.39 is 17.9 Å². The zero-order chi connectivity index (χ0) is 27.2. The van der Waals surface area contributed by atoms with Crippen molar-refractivity contribution in [1.82, 2.24) is 0 Å². The first-order valence-corrected chi connectivity index (χ1v) is 14.5. The summed E-state index contributed by atoms with van der Waals surface area (Å²) in [6.07, 6.45) is 13.1. The number of hydrogen-bond donors (Lipinski definition) is 0. The quantitative estimate of drug-likeness (QED) is 0.0848. The Morgan fingerprint density at radius 1 is 0.611 bits per heavy atom. The maximum atomic E-state index is 12.9. The maximum absolute atomic E-state index is 12.9. The third-order valence-corrected chi connectivity index (χ3v) is 6.91. The van der Waals surface area contributed by atoms with Gasteiger partial charge in [0, 0.05) is 6.08 Å². The van der Waals surface area contributed by atoms with Crippen LogP contribution in [-0.2, 0) is 28.6 Å². The fraction of sp³-hybridized carbons (Fsp3) is 0.833. The summed E-state index contributed by atoms with van der Waals surface area (Å²) >= 11 is 0. The molecule has 0 spiro atoms. The van der Waals surface area contributed by atoms with Crippen molar-refractivity contribution in [3.63, 3.8) is 0 Å². The van der Waals surface area contributed by atoms with Gasteiger partial charge in [-0.25, -0.2) is 9.59 Å². The molecule has 0 fully saturated rings. The topological polar surface area (TPSA) is 78.9 Å². The van der Waals surface area contributed by atoms with Gasteiger partial charge in [0.2, 0.25) is 0 Å². The average molecular weight is 511 g/mol. The van der Waals surface area contributed by atoms with Gasteiger partial charge in [-0.3, -0.25) is 4.79 Å². The second-order valence-electron chi connectivity index (χ2n) is 10.0. The van der Waals surface area contributed by atoms with Crippen molar-refractivity contribution in [2.45, 2.75) is 125 Å². The summed E-state index contributed by atoms with van der Waals surface area (Å²) in [7, 11) is 0. The van der Waals surface area contributed by atoms with Crippen LogP contribution in [0.3, 0.4) is 0 Å². The molecule has 0 saturated heterocycles. The van der Waals surface area contributed by atoms with E-state index >= 15 is 0 Å². The molecule has 0 aliphatic heterocycles. The number of esters is 3. The van der Waals surface area contributed by atoms with Crippen molar-refractivity contribution >= 4 is 17.9 Å². The highest BCUT2D eigenvalue weighted by atomic mass is 16.5. The van der Waals surface area contributed by atoms with Crippen LogP contribution in [0.5, 0.6) is 0 Å². The van der Waals surface area contributed by atoms with Crippen molar-refractivity contribution in [2.75, 3.05) is 19.8 Å². The lowest BCUT2D eigenvalue weighted by Crippen LogP contribution is -2.21. The highest BCUT2D eigenvalue weighted by Crippen LogP contribution is 2.17. The Balaban J connectivity index is 5.23. The SMILES string of the molecule is CCCC[C@H](CC)COC(=O)/C=C(/CC(=O)OC[C@@H](CC)CCCC)C(=O)OC[C@@H](CC)CCCC. The molecule has 36 heavy (non-hydrogen) atoms. The van der Waals surface area contributed by atoms with E-state index in [0.717, 1.165) is 83.1 Å². The van der Waals surface area contributed by atoms with Gasteiger partial charge in [-0.2, -0.15) is 0 Å². The molecule has 0 aromatic rings. The lowest BCUT2D eigenvalue weighted by Gasteiger charge is -2.17. The number of rotatable bonds is 22. The minimum Gasteiger partial charge on any atom is -0.465 e. The van der Waals surface area contributed by atoms with Gasteiger partial charge in [0.25, 0.3) is 0 Å². The first-order valence-electron chi connectivity index (χ1n) is 14.5. The minimum absolute atomic E-state index is 0.00134. The molecule has 6 nitrogen and oxygen atoms in total. The first-order chi connectivity index (χ1) is 17.3. The Kier molecular flexibility index (Phi) is 21.2. The van der Waals surface area contributed by atoms with E-state index in [0.29, 0.717) is 25.0 Å². The van der Waals surface area contributed by atoms with Gasteiger partial charge >= 0.3 is 17.9 Å². The summed E-state index contributed by atoms with van der Waals surface area (Å²) in [4.78, 5) is 38.0. The highest BCUT2D eigenvalue weighted by Gasteiger charge is 2.21. The Labute approximate surface area is 220 Å². The lowest BCUT2D eigenvalue weighted by molar-refractivity contribution is -0.148. The fourth-order valence-corrected chi connectivity index (χ4v) is 3.96. The number of carbonyl (C=O) groups excluding carboxylic acids is 3. The van der Waals surface area contributed by atoms with Crippen molar-refractivity contribution < 1.29 is 28.6 Å². The van der Waals surface area contributed by atoms with Crippen LogP contribution < -0.4 is 0 Å². The van der Waals surface area contributed by atoms with E-state index in [1.165, 1.54) is 0 Å². The van der Waals surface area contributed by atoms with Crippen LogP contribution in [0.25, 0.3) is 0 Å². The predicted octanol–water partition coefficient (Wildman–Crippen LogP) is 7.58. The van der Waals surface area contributed by atoms with Gasteiger partial charge < -0.3 is 14.2 Å². The average Bonchev–Trinajstić information content (AvgIpc) is 2.88. The summed E-state index contributed by atoms with van der Waals surface area (Å²) in [6.45, 7) is 13.6. The molecular weight excluding hydrogens is 456 g/mol. The van der Waals surface area contributed by atoms with E-state index in [4.69, 9.17) is 14.2 Å². The van der Waals surface area contributed by atoms with Gasteiger partial charge in [0.1, 0.15) is 0 Å². The van der Waals surface area contributed by atoms with Crippen molar-refractivity contribution in [1.29, 1.82) is 0 Å². The van der Waals surface area contributed by atoms with Crippen LogP contribution in [0.4, 0.5) is 0 Å². The van der Waals surface area contributed by atoms with Crippen molar-refractivity contribution in [2.24, 2.45) is 17.8 Å². The summed E-state index contributed by atoms with van der Waals surface area (Å²) in [6, 6.07) is 0. The molecule has 0 aromatic carbocycles. The van der Waals surface area contributed by atoms with Gasteiger partial charge in [-0.05, 0) is 37.0 Å². The Bertz CT molecular complexity index is 627. The second-order valence-corrected chi connectivity index (χ2v) is 10.0. The number of carbonyl (C=O) groups is 3. The lowest BCUT2D eigenvalue weighted by atomic mass is 10.0. The zero-order valence-corrected chi connectivity index (χ0v) is 24.1. The molecule has 0 aliphatic rings. The van der Waals surface area contributed by atoms with Crippen molar-refractivity contribution in [3.05, 3.63) is 11.6 Å². The molecule has 0 heterocycles. The molecule has 3 atom stereocenters. The normalized spacial score (nSPS) is 14.1. The number of unbranched alkanes of at least 4 members (excludes halogenated alkanes) is 3. The van der Waals surface area contributed by atoms with Gasteiger partial charge in [0.05, 0.1) is 31.8 Å². The molecule has 0 radical (unpaired) electrons. The molecule has 0 aliphatic carbocycles. The molecule has 6 heteroatoms. The third kappa shape index (κ3) is 16.8. The molecule has 210 valence electrons. The first kappa shape index (κ1) is 34.1. The monoisotopic (exact) mass is 510 g/mol. The molecule has 0 bridgehead atoms. The van der Waals surface area contributed by atoms with E-state index in [9.17, 15) is 14.4 Å². The molecule has 0 unspecified atom stereocenters. The number of ether oxygens (including phenoxy) is 3. The van der Waals surface area contributed by atoms with E-state index in [1.54, 1.807) is 0 Å². The highest BCUT2D eigenvalue weighted by molar-refractivity contribution is 5.99. The summed E-state index contributed by atoms with van der Waals surface area (Å²) in [5.41, 5.74) is -0.00134. The third-order valence-electron chi connectivity index (χ3n) is 6.91. The zero-order valence-electron chi connectivity index (χ0n) is 24.1. The molecule has 0 amide bonds. The number of hydrogen-bond acceptors (Lipinski definition) is 6. The molecule has 0 N–H and O–H groups in total. The summed E-state index contributed by atoms with van der Waals surface area (Å²) in [5, 5.41) is 0. The van der Waals surface area contributed by atoms with Crippen LogP contribution >= 0.6 is 0 Å². The molecule has 0 saturated carbocycles. The van der Waals surface area contributed by atoms with Crippen molar-refractivity contribution in [3.8, 4) is 0 Å². The summed E-state index contributed by atoms with van der Waals surface area (Å²) in [5.74, 6) is -0.918. The Morgan fingerprint density at radius 3 is 1.44 bits per heavy atom. The largest absolute Gasteiger partial charge is 0.465 e. The molecular formula is C30H54O6. The van der Waals surface area contributed by atoms with Gasteiger partial charge in [0.15, 0.2) is 0 Å². The smallest absolute Gasteiger partial charge is 0.334 e. The van der Waals surface area contributed by atoms with Gasteiger partial charge in [-0.15, -0.1) is 0 Å². The summed E-state index contributed by atoms with van der Waals surface area (Å²) < 4.78 is 16.4. The van der Waals surface area contributed by atoms with E-state index in [-0.39, 0.29) is 24.5 Å². The van der Waals surface area contributed by atoms with E-state index in [2.05, 4.69) is 41.5 Å². The Morgan fingerprint density at radius 2 is 1.03 bits per heavy atom. The van der Waals surface area contributed by atoms with Crippen LogP contribution in [0.2, 0.25) is 0 Å². The second kappa shape index (κ2) is 22.4. The fourth-order valence-electron chi connectivity index (χ4n) is 3.96. The standard InChI is InChI=1S/C30H54O6/c1-7-13-16-24(10-4)21-34-28(31)19-27(30(33)36-23-26(12-6)18-15-9-3)20-29(32)35-22-25(11-5)17-14-8-2/h19,24-26H,7-18,20-23H2,1-6H3/b27-19-/t24-,25-,26-/m0/s1.